The van der Waals surface area contributed by atoms with E-state index < -0.39 is 11.8 Å². The van der Waals surface area contributed by atoms with E-state index in [1.807, 2.05) is 6.08 Å². The van der Waals surface area contributed by atoms with E-state index in [1.54, 1.807) is 18.2 Å². The van der Waals surface area contributed by atoms with Gasteiger partial charge < -0.3 is 4.74 Å². The molecule has 0 spiro atoms. The predicted molar refractivity (Wildman–Crippen MR) is 172 cm³/mol. The Morgan fingerprint density at radius 2 is 1.55 bits per heavy atom. The summed E-state index contributed by atoms with van der Waals surface area (Å²) in [4.78, 5) is 12.6. The molecule has 0 N–H and O–H groups in total. The first-order chi connectivity index (χ1) is 20.5. The molecule has 0 saturated heterocycles. The van der Waals surface area contributed by atoms with Gasteiger partial charge in [-0.05, 0) is 110 Å². The Balaban J connectivity index is 1.09. The second kappa shape index (κ2) is 14.8. The van der Waals surface area contributed by atoms with Crippen molar-refractivity contribution >= 4 is 18.1 Å². The predicted octanol–water partition coefficient (Wildman–Crippen LogP) is 11.0. The standard InChI is InChI=1S/C39H47FO2/c1-3-7-29-15-24-37(25-16-29)42-39(41)36-23-22-35(38(40)27-36)21-12-30-10-17-33(18-11-30)34-19-13-31(14-20-34)26-28(2)32-8-5-4-6-9-32/h4-6,8-12,17-18,21-23,27-29,31,34,37H,3,7,13-16,19-20,24-26H2,1-2H3/b21-12+. The quantitative estimate of drug-likeness (QED) is 0.180. The molecular weight excluding hydrogens is 519 g/mol. The Bertz CT molecular complexity index is 1300. The third kappa shape index (κ3) is 8.21. The van der Waals surface area contributed by atoms with Crippen LogP contribution in [-0.4, -0.2) is 12.1 Å². The summed E-state index contributed by atoms with van der Waals surface area (Å²) in [6, 6.07) is 24.3. The molecule has 1 atom stereocenters. The summed E-state index contributed by atoms with van der Waals surface area (Å²) < 4.78 is 20.6. The van der Waals surface area contributed by atoms with E-state index in [0.29, 0.717) is 17.4 Å². The first-order valence-electron chi connectivity index (χ1n) is 16.3. The van der Waals surface area contributed by atoms with Gasteiger partial charge >= 0.3 is 5.97 Å². The van der Waals surface area contributed by atoms with Gasteiger partial charge in [-0.1, -0.05) is 99.5 Å². The van der Waals surface area contributed by atoms with E-state index in [-0.39, 0.29) is 11.7 Å². The van der Waals surface area contributed by atoms with E-state index in [2.05, 4.69) is 68.4 Å². The van der Waals surface area contributed by atoms with Crippen LogP contribution in [0, 0.1) is 17.7 Å². The molecule has 0 radical (unpaired) electrons. The number of carbonyl (C=O) groups is 1. The van der Waals surface area contributed by atoms with Crippen LogP contribution in [0.5, 0.6) is 0 Å². The van der Waals surface area contributed by atoms with E-state index in [9.17, 15) is 9.18 Å². The highest BCUT2D eigenvalue weighted by Gasteiger charge is 2.25. The van der Waals surface area contributed by atoms with Gasteiger partial charge in [-0.3, -0.25) is 0 Å². The van der Waals surface area contributed by atoms with Crippen molar-refractivity contribution in [1.82, 2.24) is 0 Å². The molecule has 5 rings (SSSR count). The molecule has 2 aliphatic carbocycles. The Morgan fingerprint density at radius 1 is 0.857 bits per heavy atom. The van der Waals surface area contributed by atoms with Crippen LogP contribution < -0.4 is 0 Å². The molecule has 3 aromatic carbocycles. The lowest BCUT2D eigenvalue weighted by molar-refractivity contribution is 0.0161. The van der Waals surface area contributed by atoms with Crippen LogP contribution in [0.2, 0.25) is 0 Å². The minimum absolute atomic E-state index is 0.0467. The van der Waals surface area contributed by atoms with Crippen molar-refractivity contribution in [2.24, 2.45) is 11.8 Å². The summed E-state index contributed by atoms with van der Waals surface area (Å²) >= 11 is 0. The number of ether oxygens (including phenoxy) is 1. The van der Waals surface area contributed by atoms with Crippen LogP contribution in [0.1, 0.15) is 129 Å². The second-order valence-electron chi connectivity index (χ2n) is 12.8. The van der Waals surface area contributed by atoms with Crippen molar-refractivity contribution in [3.05, 3.63) is 106 Å². The van der Waals surface area contributed by atoms with Crippen LogP contribution in [0.15, 0.2) is 72.8 Å². The highest BCUT2D eigenvalue weighted by atomic mass is 19.1. The van der Waals surface area contributed by atoms with Crippen molar-refractivity contribution in [2.75, 3.05) is 0 Å². The largest absolute Gasteiger partial charge is 0.459 e. The smallest absolute Gasteiger partial charge is 0.338 e. The lowest BCUT2D eigenvalue weighted by Crippen LogP contribution is -2.24. The molecule has 0 aromatic heterocycles. The summed E-state index contributed by atoms with van der Waals surface area (Å²) in [5, 5.41) is 0. The number of benzene rings is 3. The van der Waals surface area contributed by atoms with Crippen molar-refractivity contribution < 1.29 is 13.9 Å². The van der Waals surface area contributed by atoms with Crippen LogP contribution in [0.4, 0.5) is 4.39 Å². The first-order valence-corrected chi connectivity index (χ1v) is 16.3. The molecule has 0 heterocycles. The zero-order chi connectivity index (χ0) is 29.3. The second-order valence-corrected chi connectivity index (χ2v) is 12.8. The minimum atomic E-state index is -0.418. The van der Waals surface area contributed by atoms with Gasteiger partial charge in [0.25, 0.3) is 0 Å². The average molecular weight is 567 g/mol. The minimum Gasteiger partial charge on any atom is -0.459 e. The maximum absolute atomic E-state index is 14.9. The Morgan fingerprint density at radius 3 is 2.21 bits per heavy atom. The number of rotatable bonds is 10. The molecule has 0 amide bonds. The summed E-state index contributed by atoms with van der Waals surface area (Å²) in [5.74, 6) is 1.99. The highest BCUT2D eigenvalue weighted by molar-refractivity contribution is 5.90. The van der Waals surface area contributed by atoms with E-state index in [4.69, 9.17) is 4.74 Å². The van der Waals surface area contributed by atoms with Gasteiger partial charge in [0.15, 0.2) is 0 Å². The summed E-state index contributed by atoms with van der Waals surface area (Å²) in [7, 11) is 0. The third-order valence-electron chi connectivity index (χ3n) is 9.77. The Kier molecular flexibility index (Phi) is 10.7. The maximum Gasteiger partial charge on any atom is 0.338 e. The number of esters is 1. The number of halogens is 1. The molecule has 0 bridgehead atoms. The lowest BCUT2D eigenvalue weighted by Gasteiger charge is -2.30. The maximum atomic E-state index is 14.9. The van der Waals surface area contributed by atoms with Gasteiger partial charge in [0.1, 0.15) is 11.9 Å². The lowest BCUT2D eigenvalue weighted by atomic mass is 9.75. The fourth-order valence-electron chi connectivity index (χ4n) is 7.17. The van der Waals surface area contributed by atoms with Crippen molar-refractivity contribution in [3.8, 4) is 0 Å². The Labute approximate surface area is 252 Å². The molecule has 2 nitrogen and oxygen atoms in total. The molecule has 42 heavy (non-hydrogen) atoms. The van der Waals surface area contributed by atoms with Gasteiger partial charge in [-0.15, -0.1) is 0 Å². The van der Waals surface area contributed by atoms with Gasteiger partial charge in [0.2, 0.25) is 0 Å². The normalized spacial score (nSPS) is 23.5. The molecular formula is C39H47FO2. The first kappa shape index (κ1) is 30.3. The van der Waals surface area contributed by atoms with Crippen LogP contribution in [0.3, 0.4) is 0 Å². The molecule has 0 aliphatic heterocycles. The summed E-state index contributed by atoms with van der Waals surface area (Å²) in [6.45, 7) is 4.58. The van der Waals surface area contributed by atoms with E-state index >= 15 is 0 Å². The monoisotopic (exact) mass is 566 g/mol. The Hall–Kier alpha value is -3.20. The molecule has 222 valence electrons. The van der Waals surface area contributed by atoms with Crippen molar-refractivity contribution in [3.63, 3.8) is 0 Å². The van der Waals surface area contributed by atoms with Crippen LogP contribution in [-0.2, 0) is 4.74 Å². The average Bonchev–Trinajstić information content (AvgIpc) is 3.02. The van der Waals surface area contributed by atoms with Gasteiger partial charge in [-0.25, -0.2) is 9.18 Å². The number of carbonyl (C=O) groups excluding carboxylic acids is 1. The third-order valence-corrected chi connectivity index (χ3v) is 9.77. The fourth-order valence-corrected chi connectivity index (χ4v) is 7.17. The van der Waals surface area contributed by atoms with E-state index in [0.717, 1.165) is 43.1 Å². The van der Waals surface area contributed by atoms with Crippen molar-refractivity contribution in [2.45, 2.75) is 102 Å². The summed E-state index contributed by atoms with van der Waals surface area (Å²) in [5.41, 5.74) is 4.67. The fraction of sp³-hybridized carbons (Fsp3) is 0.462. The summed E-state index contributed by atoms with van der Waals surface area (Å²) in [6.07, 6.45) is 16.6. The molecule has 2 fully saturated rings. The number of hydrogen-bond acceptors (Lipinski definition) is 2. The zero-order valence-electron chi connectivity index (χ0n) is 25.4. The SMILES string of the molecule is CCCC1CCC(OC(=O)c2ccc(/C=C/c3ccc(C4CCC(CC(C)c5ccccc5)CC4)cc3)c(F)c2)CC1. The zero-order valence-corrected chi connectivity index (χ0v) is 25.4. The molecule has 1 unspecified atom stereocenters. The molecule has 2 saturated carbocycles. The molecule has 2 aliphatic rings. The van der Waals surface area contributed by atoms with Crippen molar-refractivity contribution in [1.29, 1.82) is 0 Å². The van der Waals surface area contributed by atoms with Gasteiger partial charge in [0, 0.05) is 5.56 Å². The van der Waals surface area contributed by atoms with Gasteiger partial charge in [-0.2, -0.15) is 0 Å². The van der Waals surface area contributed by atoms with Crippen LogP contribution >= 0.6 is 0 Å². The van der Waals surface area contributed by atoms with E-state index in [1.165, 1.54) is 62.1 Å². The highest BCUT2D eigenvalue weighted by Crippen LogP contribution is 2.40. The topological polar surface area (TPSA) is 26.3 Å². The number of hydrogen-bond donors (Lipinski definition) is 0. The van der Waals surface area contributed by atoms with Crippen LogP contribution in [0.25, 0.3) is 12.2 Å². The van der Waals surface area contributed by atoms with Gasteiger partial charge in [0.05, 0.1) is 5.56 Å². The molecule has 3 aromatic rings. The molecule has 3 heteroatoms.